The van der Waals surface area contributed by atoms with Crippen LogP contribution in [0.25, 0.3) is 0 Å². The average molecular weight is 365 g/mol. The molecule has 2 aromatic carbocycles. The molecule has 0 aliphatic heterocycles. The molecule has 3 N–H and O–H groups in total. The number of hydrogen-bond donors (Lipinski definition) is 3. The Morgan fingerprint density at radius 1 is 0.960 bits per heavy atom. The van der Waals surface area contributed by atoms with Gasteiger partial charge in [0.05, 0.1) is 24.9 Å². The molecule has 0 saturated carbocycles. The zero-order chi connectivity index (χ0) is 18.6. The normalized spacial score (nSPS) is 10.1. The van der Waals surface area contributed by atoms with Gasteiger partial charge >= 0.3 is 11.8 Å². The number of ether oxygens (including phenoxy) is 2. The number of phenols is 1. The fourth-order valence-corrected chi connectivity index (χ4v) is 2.34. The van der Waals surface area contributed by atoms with Crippen LogP contribution in [0.3, 0.4) is 0 Å². The summed E-state index contributed by atoms with van der Waals surface area (Å²) in [6.45, 7) is 1.69. The van der Waals surface area contributed by atoms with E-state index in [0.29, 0.717) is 22.0 Å². The van der Waals surface area contributed by atoms with Crippen molar-refractivity contribution in [2.75, 3.05) is 24.9 Å². The zero-order valence-corrected chi connectivity index (χ0v) is 14.6. The van der Waals surface area contributed by atoms with Crippen LogP contribution in [0.15, 0.2) is 30.3 Å². The van der Waals surface area contributed by atoms with E-state index in [2.05, 4.69) is 10.6 Å². The van der Waals surface area contributed by atoms with E-state index < -0.39 is 11.8 Å². The van der Waals surface area contributed by atoms with Crippen LogP contribution in [0, 0.1) is 6.92 Å². The molecule has 0 fully saturated rings. The highest BCUT2D eigenvalue weighted by Gasteiger charge is 2.18. The summed E-state index contributed by atoms with van der Waals surface area (Å²) >= 11 is 6.00. The number of aryl methyl sites for hydroxylation is 1. The van der Waals surface area contributed by atoms with Crippen LogP contribution in [0.5, 0.6) is 17.2 Å². The smallest absolute Gasteiger partial charge is 0.314 e. The van der Waals surface area contributed by atoms with Gasteiger partial charge in [0, 0.05) is 17.8 Å². The van der Waals surface area contributed by atoms with Crippen molar-refractivity contribution in [2.45, 2.75) is 6.92 Å². The lowest BCUT2D eigenvalue weighted by atomic mass is 10.2. The predicted octanol–water partition coefficient (Wildman–Crippen LogP) is 2.95. The molecule has 0 aliphatic rings. The molecular weight excluding hydrogens is 348 g/mol. The van der Waals surface area contributed by atoms with Gasteiger partial charge in [0.15, 0.2) is 0 Å². The molecule has 0 unspecified atom stereocenters. The highest BCUT2D eigenvalue weighted by atomic mass is 35.5. The molecule has 2 amide bonds. The van der Waals surface area contributed by atoms with Crippen molar-refractivity contribution in [1.82, 2.24) is 0 Å². The Balaban J connectivity index is 2.17. The van der Waals surface area contributed by atoms with Gasteiger partial charge in [0.2, 0.25) is 0 Å². The monoisotopic (exact) mass is 364 g/mol. The molecule has 0 heterocycles. The Kier molecular flexibility index (Phi) is 5.71. The molecule has 0 aliphatic carbocycles. The molecule has 2 rings (SSSR count). The number of anilines is 2. The zero-order valence-electron chi connectivity index (χ0n) is 13.8. The van der Waals surface area contributed by atoms with Gasteiger partial charge in [-0.2, -0.15) is 0 Å². The Morgan fingerprint density at radius 3 is 2.12 bits per heavy atom. The Bertz CT molecular complexity index is 823. The predicted molar refractivity (Wildman–Crippen MR) is 94.7 cm³/mol. The van der Waals surface area contributed by atoms with E-state index in [0.717, 1.165) is 0 Å². The van der Waals surface area contributed by atoms with E-state index in [9.17, 15) is 14.7 Å². The average Bonchev–Trinajstić information content (AvgIpc) is 2.58. The van der Waals surface area contributed by atoms with Crippen LogP contribution in [0.2, 0.25) is 5.02 Å². The lowest BCUT2D eigenvalue weighted by Crippen LogP contribution is -2.29. The SMILES string of the molecule is COc1cc(NC(=O)C(=O)Nc2ccc(O)cc2C)c(OC)cc1Cl. The van der Waals surface area contributed by atoms with Crippen molar-refractivity contribution in [3.63, 3.8) is 0 Å². The Hall–Kier alpha value is -2.93. The molecule has 0 spiro atoms. The van der Waals surface area contributed by atoms with Crippen molar-refractivity contribution in [3.05, 3.63) is 40.9 Å². The van der Waals surface area contributed by atoms with Crippen LogP contribution in [-0.4, -0.2) is 31.1 Å². The summed E-state index contributed by atoms with van der Waals surface area (Å²) in [5.74, 6) is -1.09. The van der Waals surface area contributed by atoms with Crippen molar-refractivity contribution in [2.24, 2.45) is 0 Å². The first-order valence-electron chi connectivity index (χ1n) is 7.19. The number of hydrogen-bond acceptors (Lipinski definition) is 5. The Morgan fingerprint density at radius 2 is 1.56 bits per heavy atom. The molecule has 8 heteroatoms. The third-order valence-corrected chi connectivity index (χ3v) is 3.68. The fourth-order valence-electron chi connectivity index (χ4n) is 2.10. The third-order valence-electron chi connectivity index (χ3n) is 3.39. The summed E-state index contributed by atoms with van der Waals surface area (Å²) in [6.07, 6.45) is 0. The number of phenolic OH excluding ortho intramolecular Hbond substituents is 1. The van der Waals surface area contributed by atoms with E-state index in [1.54, 1.807) is 6.92 Å². The summed E-state index contributed by atoms with van der Waals surface area (Å²) in [5, 5.41) is 14.6. The van der Waals surface area contributed by atoms with Gasteiger partial charge in [0.25, 0.3) is 0 Å². The van der Waals surface area contributed by atoms with Crippen LogP contribution in [0.4, 0.5) is 11.4 Å². The minimum Gasteiger partial charge on any atom is -0.508 e. The lowest BCUT2D eigenvalue weighted by Gasteiger charge is -2.13. The second kappa shape index (κ2) is 7.76. The minimum atomic E-state index is -0.893. The number of carbonyl (C=O) groups is 2. The number of methoxy groups -OCH3 is 2. The standard InChI is InChI=1S/C17H17ClN2O5/c1-9-6-10(21)4-5-12(9)19-16(22)17(23)20-13-8-14(24-2)11(18)7-15(13)25-3/h4-8,21H,1-3H3,(H,19,22)(H,20,23). The molecule has 132 valence electrons. The van der Waals surface area contributed by atoms with E-state index in [1.807, 2.05) is 0 Å². The van der Waals surface area contributed by atoms with Crippen LogP contribution in [0.1, 0.15) is 5.56 Å². The maximum Gasteiger partial charge on any atom is 0.314 e. The van der Waals surface area contributed by atoms with Crippen molar-refractivity contribution in [3.8, 4) is 17.2 Å². The summed E-state index contributed by atoms with van der Waals surface area (Å²) in [7, 11) is 2.84. The minimum absolute atomic E-state index is 0.0675. The summed E-state index contributed by atoms with van der Waals surface area (Å²) in [6, 6.07) is 7.31. The molecule has 0 atom stereocenters. The number of halogens is 1. The van der Waals surface area contributed by atoms with Gasteiger partial charge in [0.1, 0.15) is 17.2 Å². The summed E-state index contributed by atoms with van der Waals surface area (Å²) in [4.78, 5) is 24.2. The van der Waals surface area contributed by atoms with Gasteiger partial charge in [-0.15, -0.1) is 0 Å². The first kappa shape index (κ1) is 18.4. The first-order chi connectivity index (χ1) is 11.8. The van der Waals surface area contributed by atoms with Crippen molar-refractivity contribution < 1.29 is 24.2 Å². The second-order valence-electron chi connectivity index (χ2n) is 5.09. The first-order valence-corrected chi connectivity index (χ1v) is 7.57. The van der Waals surface area contributed by atoms with Gasteiger partial charge in [-0.1, -0.05) is 11.6 Å². The van der Waals surface area contributed by atoms with Crippen LogP contribution >= 0.6 is 11.6 Å². The highest BCUT2D eigenvalue weighted by molar-refractivity contribution is 6.44. The third kappa shape index (κ3) is 4.33. The van der Waals surface area contributed by atoms with E-state index in [4.69, 9.17) is 21.1 Å². The fraction of sp³-hybridized carbons (Fsp3) is 0.176. The molecule has 2 aromatic rings. The van der Waals surface area contributed by atoms with E-state index in [-0.39, 0.29) is 17.2 Å². The molecule has 0 radical (unpaired) electrons. The lowest BCUT2D eigenvalue weighted by molar-refractivity contribution is -0.133. The van der Waals surface area contributed by atoms with Gasteiger partial charge in [-0.25, -0.2) is 0 Å². The maximum absolute atomic E-state index is 12.1. The number of nitrogens with one attached hydrogen (secondary N) is 2. The van der Waals surface area contributed by atoms with E-state index >= 15 is 0 Å². The number of amides is 2. The maximum atomic E-state index is 12.1. The molecule has 25 heavy (non-hydrogen) atoms. The van der Waals surface area contributed by atoms with E-state index in [1.165, 1.54) is 44.6 Å². The largest absolute Gasteiger partial charge is 0.508 e. The number of benzene rings is 2. The topological polar surface area (TPSA) is 96.9 Å². The number of carbonyl (C=O) groups excluding carboxylic acids is 2. The molecular formula is C17H17ClN2O5. The van der Waals surface area contributed by atoms with Gasteiger partial charge < -0.3 is 25.2 Å². The molecule has 0 aromatic heterocycles. The summed E-state index contributed by atoms with van der Waals surface area (Å²) in [5.41, 5.74) is 1.27. The van der Waals surface area contributed by atoms with Gasteiger partial charge in [-0.3, -0.25) is 9.59 Å². The number of rotatable bonds is 4. The second-order valence-corrected chi connectivity index (χ2v) is 5.50. The van der Waals surface area contributed by atoms with Crippen LogP contribution in [-0.2, 0) is 9.59 Å². The van der Waals surface area contributed by atoms with Crippen molar-refractivity contribution >= 4 is 34.8 Å². The number of aromatic hydroxyl groups is 1. The molecule has 7 nitrogen and oxygen atoms in total. The quantitative estimate of drug-likeness (QED) is 0.572. The van der Waals surface area contributed by atoms with Gasteiger partial charge in [-0.05, 0) is 30.7 Å². The Labute approximate surface area is 149 Å². The molecule has 0 bridgehead atoms. The highest BCUT2D eigenvalue weighted by Crippen LogP contribution is 2.35. The summed E-state index contributed by atoms with van der Waals surface area (Å²) < 4.78 is 10.2. The van der Waals surface area contributed by atoms with Crippen LogP contribution < -0.4 is 20.1 Å². The van der Waals surface area contributed by atoms with Crippen molar-refractivity contribution in [1.29, 1.82) is 0 Å². The molecule has 0 saturated heterocycles.